The van der Waals surface area contributed by atoms with Gasteiger partial charge in [-0.15, -0.1) is 0 Å². The molecule has 0 radical (unpaired) electrons. The Morgan fingerprint density at radius 1 is 1.47 bits per heavy atom. The number of hydrogen-bond donors (Lipinski definition) is 2. The number of carbonyl (C=O) groups is 1. The average molecular weight is 294 g/mol. The van der Waals surface area contributed by atoms with Crippen LogP contribution >= 0.6 is 11.6 Å². The number of nitrogens with one attached hydrogen (secondary N) is 1. The molecule has 0 heterocycles. The number of rotatable bonds is 4. The molecule has 0 saturated carbocycles. The van der Waals surface area contributed by atoms with E-state index in [9.17, 15) is 18.0 Å². The van der Waals surface area contributed by atoms with E-state index in [0.717, 1.165) is 18.2 Å². The van der Waals surface area contributed by atoms with Gasteiger partial charge in [0.2, 0.25) is 0 Å². The molecule has 1 aromatic rings. The van der Waals surface area contributed by atoms with Gasteiger partial charge in [-0.1, -0.05) is 17.7 Å². The number of hydrogen-bond acceptors (Lipinski definition) is 2. The number of alkyl halides is 3. The second-order valence-electron chi connectivity index (χ2n) is 3.77. The molecule has 0 atom stereocenters. The number of anilines is 1. The smallest absolute Gasteiger partial charge is 0.416 e. The zero-order chi connectivity index (χ0) is 14.6. The summed E-state index contributed by atoms with van der Waals surface area (Å²) < 4.78 is 37.5. The SMILES string of the molecule is C/C(=C/CNc1cc(C(F)(F)F)ccc1Cl)C(=O)O. The van der Waals surface area contributed by atoms with E-state index in [2.05, 4.69) is 5.32 Å². The van der Waals surface area contributed by atoms with Gasteiger partial charge in [0.05, 0.1) is 16.3 Å². The van der Waals surface area contributed by atoms with Gasteiger partial charge >= 0.3 is 12.1 Å². The number of halogens is 4. The Bertz CT molecular complexity index is 512. The van der Waals surface area contributed by atoms with Gasteiger partial charge in [0.25, 0.3) is 0 Å². The van der Waals surface area contributed by atoms with Gasteiger partial charge < -0.3 is 10.4 Å². The lowest BCUT2D eigenvalue weighted by Crippen LogP contribution is -2.07. The van der Waals surface area contributed by atoms with Crippen LogP contribution in [-0.4, -0.2) is 17.6 Å². The maximum Gasteiger partial charge on any atom is 0.416 e. The van der Waals surface area contributed by atoms with E-state index in [0.29, 0.717) is 0 Å². The molecule has 0 bridgehead atoms. The zero-order valence-electron chi connectivity index (χ0n) is 9.88. The van der Waals surface area contributed by atoms with Crippen molar-refractivity contribution in [3.8, 4) is 0 Å². The Morgan fingerprint density at radius 2 is 2.11 bits per heavy atom. The van der Waals surface area contributed by atoms with Gasteiger partial charge in [-0.3, -0.25) is 0 Å². The van der Waals surface area contributed by atoms with Gasteiger partial charge in [-0.25, -0.2) is 4.79 Å². The molecule has 0 aliphatic carbocycles. The zero-order valence-corrected chi connectivity index (χ0v) is 10.6. The minimum absolute atomic E-state index is 0.0686. The molecular formula is C12H11ClF3NO2. The maximum absolute atomic E-state index is 12.5. The van der Waals surface area contributed by atoms with Crippen LogP contribution in [0.5, 0.6) is 0 Å². The molecule has 1 aromatic carbocycles. The molecule has 104 valence electrons. The number of carboxylic acids is 1. The van der Waals surface area contributed by atoms with Gasteiger partial charge in [0, 0.05) is 12.1 Å². The third-order valence-corrected chi connectivity index (χ3v) is 2.66. The van der Waals surface area contributed by atoms with Crippen molar-refractivity contribution in [1.29, 1.82) is 0 Å². The van der Waals surface area contributed by atoms with E-state index in [1.54, 1.807) is 0 Å². The first-order valence-electron chi connectivity index (χ1n) is 5.22. The Kier molecular flexibility index (Phi) is 4.83. The van der Waals surface area contributed by atoms with E-state index in [1.807, 2.05) is 0 Å². The maximum atomic E-state index is 12.5. The van der Waals surface area contributed by atoms with Crippen LogP contribution in [0.4, 0.5) is 18.9 Å². The monoisotopic (exact) mass is 293 g/mol. The average Bonchev–Trinajstić information content (AvgIpc) is 2.29. The topological polar surface area (TPSA) is 49.3 Å². The Labute approximate surface area is 112 Å². The first-order chi connectivity index (χ1) is 8.71. The third kappa shape index (κ3) is 4.48. The molecule has 7 heteroatoms. The lowest BCUT2D eigenvalue weighted by Gasteiger charge is -2.11. The summed E-state index contributed by atoms with van der Waals surface area (Å²) in [6.07, 6.45) is -3.10. The fourth-order valence-corrected chi connectivity index (χ4v) is 1.42. The summed E-state index contributed by atoms with van der Waals surface area (Å²) in [5, 5.41) is 11.4. The fraction of sp³-hybridized carbons (Fsp3) is 0.250. The molecule has 0 amide bonds. The first kappa shape index (κ1) is 15.4. The summed E-state index contributed by atoms with van der Waals surface area (Å²) >= 11 is 5.76. The van der Waals surface area contributed by atoms with Crippen molar-refractivity contribution in [2.75, 3.05) is 11.9 Å². The van der Waals surface area contributed by atoms with Crippen LogP contribution in [0.1, 0.15) is 12.5 Å². The van der Waals surface area contributed by atoms with Crippen LogP contribution < -0.4 is 5.32 Å². The van der Waals surface area contributed by atoms with Gasteiger partial charge in [-0.2, -0.15) is 13.2 Å². The van der Waals surface area contributed by atoms with Crippen LogP contribution in [0.3, 0.4) is 0 Å². The van der Waals surface area contributed by atoms with Gasteiger partial charge in [0.15, 0.2) is 0 Å². The van der Waals surface area contributed by atoms with E-state index in [1.165, 1.54) is 13.0 Å². The largest absolute Gasteiger partial charge is 0.478 e. The van der Waals surface area contributed by atoms with Gasteiger partial charge in [-0.05, 0) is 25.1 Å². The van der Waals surface area contributed by atoms with Crippen molar-refractivity contribution in [3.05, 3.63) is 40.4 Å². The lowest BCUT2D eigenvalue weighted by molar-refractivity contribution is -0.137. The lowest BCUT2D eigenvalue weighted by atomic mass is 10.2. The third-order valence-electron chi connectivity index (χ3n) is 2.33. The van der Waals surface area contributed by atoms with E-state index in [4.69, 9.17) is 16.7 Å². The molecule has 1 rings (SSSR count). The van der Waals surface area contributed by atoms with Crippen LogP contribution in [0.15, 0.2) is 29.8 Å². The van der Waals surface area contributed by atoms with Crippen molar-refractivity contribution in [2.24, 2.45) is 0 Å². The normalized spacial score (nSPS) is 12.4. The van der Waals surface area contributed by atoms with Crippen LogP contribution in [0, 0.1) is 0 Å². The standard InChI is InChI=1S/C12H11ClF3NO2/c1-7(11(18)19)4-5-17-10-6-8(12(14,15)16)2-3-9(10)13/h2-4,6,17H,5H2,1H3,(H,18,19)/b7-4-. The summed E-state index contributed by atoms with van der Waals surface area (Å²) in [4.78, 5) is 10.5. The minimum atomic E-state index is -4.45. The first-order valence-corrected chi connectivity index (χ1v) is 5.60. The number of carboxylic acid groups (broad SMARTS) is 1. The summed E-state index contributed by atoms with van der Waals surface area (Å²) in [6, 6.07) is 2.90. The second kappa shape index (κ2) is 5.97. The molecule has 19 heavy (non-hydrogen) atoms. The number of aliphatic carboxylic acids is 1. The highest BCUT2D eigenvalue weighted by atomic mass is 35.5. The molecule has 0 aliphatic heterocycles. The highest BCUT2D eigenvalue weighted by Gasteiger charge is 2.30. The van der Waals surface area contributed by atoms with Crippen LogP contribution in [0.25, 0.3) is 0 Å². The molecule has 0 unspecified atom stereocenters. The van der Waals surface area contributed by atoms with Crippen molar-refractivity contribution in [3.63, 3.8) is 0 Å². The van der Waals surface area contributed by atoms with E-state index >= 15 is 0 Å². The summed E-state index contributed by atoms with van der Waals surface area (Å²) in [6.45, 7) is 1.46. The predicted molar refractivity (Wildman–Crippen MR) is 66.3 cm³/mol. The highest BCUT2D eigenvalue weighted by molar-refractivity contribution is 6.33. The quantitative estimate of drug-likeness (QED) is 0.830. The highest BCUT2D eigenvalue weighted by Crippen LogP contribution is 2.33. The molecule has 2 N–H and O–H groups in total. The van der Waals surface area contributed by atoms with Crippen molar-refractivity contribution in [1.82, 2.24) is 0 Å². The molecule has 0 aliphatic rings. The fourth-order valence-electron chi connectivity index (χ4n) is 1.24. The van der Waals surface area contributed by atoms with Crippen LogP contribution in [0.2, 0.25) is 5.02 Å². The Hall–Kier alpha value is -1.69. The van der Waals surface area contributed by atoms with Gasteiger partial charge in [0.1, 0.15) is 0 Å². The molecular weight excluding hydrogens is 283 g/mol. The Morgan fingerprint density at radius 3 is 2.63 bits per heavy atom. The molecule has 0 spiro atoms. The van der Waals surface area contributed by atoms with Crippen molar-refractivity contribution >= 4 is 23.3 Å². The minimum Gasteiger partial charge on any atom is -0.478 e. The van der Waals surface area contributed by atoms with E-state index in [-0.39, 0.29) is 22.8 Å². The van der Waals surface area contributed by atoms with Crippen molar-refractivity contribution in [2.45, 2.75) is 13.1 Å². The van der Waals surface area contributed by atoms with E-state index < -0.39 is 17.7 Å². The molecule has 0 fully saturated rings. The molecule has 3 nitrogen and oxygen atoms in total. The predicted octanol–water partition coefficient (Wildman–Crippen LogP) is 3.80. The van der Waals surface area contributed by atoms with Crippen LogP contribution in [-0.2, 0) is 11.0 Å². The second-order valence-corrected chi connectivity index (χ2v) is 4.17. The molecule has 0 saturated heterocycles. The Balaban J connectivity index is 2.84. The summed E-state index contributed by atoms with van der Waals surface area (Å²) in [5.41, 5.74) is -0.625. The van der Waals surface area contributed by atoms with Crippen molar-refractivity contribution < 1.29 is 23.1 Å². The summed E-state index contributed by atoms with van der Waals surface area (Å²) in [7, 11) is 0. The number of benzene rings is 1. The summed E-state index contributed by atoms with van der Waals surface area (Å²) in [5.74, 6) is -1.09. The molecule has 0 aromatic heterocycles.